The van der Waals surface area contributed by atoms with E-state index in [0.29, 0.717) is 12.4 Å². The fourth-order valence-corrected chi connectivity index (χ4v) is 2.10. The van der Waals surface area contributed by atoms with E-state index in [4.69, 9.17) is 5.11 Å². The lowest BCUT2D eigenvalue weighted by atomic mass is 10.2. The van der Waals surface area contributed by atoms with E-state index in [9.17, 15) is 4.79 Å². The molecule has 0 saturated carbocycles. The van der Waals surface area contributed by atoms with E-state index in [1.165, 1.54) is 17.1 Å². The van der Waals surface area contributed by atoms with Gasteiger partial charge in [0.2, 0.25) is 0 Å². The van der Waals surface area contributed by atoms with Gasteiger partial charge < -0.3 is 10.4 Å². The maximum Gasteiger partial charge on any atom is 0.339 e. The van der Waals surface area contributed by atoms with Gasteiger partial charge in [0.1, 0.15) is 5.56 Å². The molecule has 2 rings (SSSR count). The normalized spacial score (nSPS) is 10.1. The second kappa shape index (κ2) is 5.40. The van der Waals surface area contributed by atoms with Crippen LogP contribution in [0.2, 0.25) is 0 Å². The Hall–Kier alpha value is -1.95. The molecule has 0 radical (unpaired) electrons. The summed E-state index contributed by atoms with van der Waals surface area (Å²) in [5.74, 6) is -0.685. The summed E-state index contributed by atoms with van der Waals surface area (Å²) in [7, 11) is 0. The predicted molar refractivity (Wildman–Crippen MR) is 65.5 cm³/mol. The van der Waals surface area contributed by atoms with E-state index in [2.05, 4.69) is 15.5 Å². The van der Waals surface area contributed by atoms with E-state index < -0.39 is 5.97 Å². The van der Waals surface area contributed by atoms with E-state index >= 15 is 0 Å². The monoisotopic (exact) mass is 249 g/mol. The summed E-state index contributed by atoms with van der Waals surface area (Å²) >= 11 is 1.68. The topological polar surface area (TPSA) is 75.1 Å². The fraction of sp³-hybridized carbons (Fsp3) is 0.182. The van der Waals surface area contributed by atoms with Crippen LogP contribution < -0.4 is 5.32 Å². The quantitative estimate of drug-likeness (QED) is 0.846. The molecule has 2 aromatic rings. The van der Waals surface area contributed by atoms with E-state index in [1.807, 2.05) is 17.5 Å². The minimum absolute atomic E-state index is 0.145. The van der Waals surface area contributed by atoms with Gasteiger partial charge in [0.15, 0.2) is 5.82 Å². The Labute approximate surface area is 102 Å². The number of carboxylic acids is 1. The van der Waals surface area contributed by atoms with Crippen molar-refractivity contribution in [3.05, 3.63) is 40.2 Å². The summed E-state index contributed by atoms with van der Waals surface area (Å²) in [6, 6.07) is 5.47. The van der Waals surface area contributed by atoms with Crippen molar-refractivity contribution in [3.63, 3.8) is 0 Å². The largest absolute Gasteiger partial charge is 0.478 e. The molecule has 0 amide bonds. The van der Waals surface area contributed by atoms with Crippen molar-refractivity contribution in [2.24, 2.45) is 0 Å². The van der Waals surface area contributed by atoms with Crippen molar-refractivity contribution in [1.29, 1.82) is 0 Å². The van der Waals surface area contributed by atoms with Crippen LogP contribution in [0.15, 0.2) is 29.8 Å². The van der Waals surface area contributed by atoms with Crippen molar-refractivity contribution < 1.29 is 9.90 Å². The number of carboxylic acid groups (broad SMARTS) is 1. The molecule has 0 aliphatic heterocycles. The highest BCUT2D eigenvalue weighted by Gasteiger charge is 2.10. The first-order valence-corrected chi connectivity index (χ1v) is 5.96. The molecule has 0 aromatic carbocycles. The Kier molecular flexibility index (Phi) is 3.66. The Morgan fingerprint density at radius 2 is 2.35 bits per heavy atom. The minimum atomic E-state index is -1.00. The van der Waals surface area contributed by atoms with Crippen LogP contribution in [0, 0.1) is 0 Å². The predicted octanol–water partition coefficient (Wildman–Crippen LogP) is 1.89. The molecular formula is C11H11N3O2S. The number of rotatable bonds is 5. The summed E-state index contributed by atoms with van der Waals surface area (Å²) in [5, 5.41) is 21.4. The van der Waals surface area contributed by atoms with Crippen molar-refractivity contribution in [1.82, 2.24) is 10.2 Å². The number of nitrogens with one attached hydrogen (secondary N) is 1. The van der Waals surface area contributed by atoms with Crippen LogP contribution in [0.25, 0.3) is 0 Å². The molecule has 2 N–H and O–H groups in total. The van der Waals surface area contributed by atoms with Crippen LogP contribution >= 0.6 is 11.3 Å². The maximum atomic E-state index is 10.9. The van der Waals surface area contributed by atoms with Gasteiger partial charge in [-0.05, 0) is 23.9 Å². The van der Waals surface area contributed by atoms with E-state index in [0.717, 1.165) is 6.42 Å². The molecule has 0 aliphatic rings. The summed E-state index contributed by atoms with van der Waals surface area (Å²) in [5.41, 5.74) is 0.145. The zero-order valence-electron chi connectivity index (χ0n) is 8.96. The van der Waals surface area contributed by atoms with Crippen molar-refractivity contribution in [3.8, 4) is 0 Å². The Morgan fingerprint density at radius 3 is 3.06 bits per heavy atom. The number of aromatic nitrogens is 2. The minimum Gasteiger partial charge on any atom is -0.478 e. The Bertz CT molecular complexity index is 499. The third-order valence-electron chi connectivity index (χ3n) is 2.20. The number of thiophene rings is 1. The van der Waals surface area contributed by atoms with Gasteiger partial charge in [0, 0.05) is 11.4 Å². The lowest BCUT2D eigenvalue weighted by Gasteiger charge is -2.06. The molecule has 0 atom stereocenters. The van der Waals surface area contributed by atoms with Gasteiger partial charge in [0.25, 0.3) is 0 Å². The number of hydrogen-bond donors (Lipinski definition) is 2. The van der Waals surface area contributed by atoms with E-state index in [1.54, 1.807) is 11.3 Å². The highest BCUT2D eigenvalue weighted by Crippen LogP contribution is 2.12. The first kappa shape index (κ1) is 11.5. The Morgan fingerprint density at radius 1 is 1.47 bits per heavy atom. The molecule has 0 unspecified atom stereocenters. The second-order valence-corrected chi connectivity index (χ2v) is 4.39. The number of aromatic carboxylic acids is 1. The molecule has 0 fully saturated rings. The summed E-state index contributed by atoms with van der Waals surface area (Å²) < 4.78 is 0. The summed E-state index contributed by atoms with van der Waals surface area (Å²) in [6.45, 7) is 0.638. The zero-order chi connectivity index (χ0) is 12.1. The Balaban J connectivity index is 1.97. The molecule has 88 valence electrons. The van der Waals surface area contributed by atoms with Gasteiger partial charge in [-0.2, -0.15) is 5.10 Å². The highest BCUT2D eigenvalue weighted by molar-refractivity contribution is 7.09. The van der Waals surface area contributed by atoms with E-state index in [-0.39, 0.29) is 5.56 Å². The van der Waals surface area contributed by atoms with Gasteiger partial charge in [-0.1, -0.05) is 6.07 Å². The van der Waals surface area contributed by atoms with Gasteiger partial charge in [-0.3, -0.25) is 0 Å². The first-order valence-electron chi connectivity index (χ1n) is 5.08. The van der Waals surface area contributed by atoms with Gasteiger partial charge in [0.05, 0.1) is 6.20 Å². The average Bonchev–Trinajstić information content (AvgIpc) is 2.82. The van der Waals surface area contributed by atoms with Crippen LogP contribution in [0.5, 0.6) is 0 Å². The fourth-order valence-electron chi connectivity index (χ4n) is 1.39. The van der Waals surface area contributed by atoms with Gasteiger partial charge in [-0.15, -0.1) is 16.4 Å². The van der Waals surface area contributed by atoms with Crippen LogP contribution in [0.4, 0.5) is 5.82 Å². The first-order chi connectivity index (χ1) is 8.27. The third kappa shape index (κ3) is 3.01. The van der Waals surface area contributed by atoms with Crippen LogP contribution in [0.3, 0.4) is 0 Å². The maximum absolute atomic E-state index is 10.9. The molecule has 0 bridgehead atoms. The smallest absolute Gasteiger partial charge is 0.339 e. The molecule has 0 saturated heterocycles. The van der Waals surface area contributed by atoms with Gasteiger partial charge >= 0.3 is 5.97 Å². The number of carbonyl (C=O) groups is 1. The summed E-state index contributed by atoms with van der Waals surface area (Å²) in [4.78, 5) is 12.2. The SMILES string of the molecule is O=C(O)c1ccnnc1NCCc1cccs1. The molecule has 0 aliphatic carbocycles. The average molecular weight is 249 g/mol. The van der Waals surface area contributed by atoms with Crippen molar-refractivity contribution in [2.75, 3.05) is 11.9 Å². The number of anilines is 1. The van der Waals surface area contributed by atoms with Crippen molar-refractivity contribution in [2.45, 2.75) is 6.42 Å². The van der Waals surface area contributed by atoms with Crippen LogP contribution in [-0.4, -0.2) is 27.8 Å². The molecule has 2 heterocycles. The third-order valence-corrected chi connectivity index (χ3v) is 3.13. The van der Waals surface area contributed by atoms with Gasteiger partial charge in [-0.25, -0.2) is 4.79 Å². The molecule has 17 heavy (non-hydrogen) atoms. The number of hydrogen-bond acceptors (Lipinski definition) is 5. The molecule has 6 heteroatoms. The standard InChI is InChI=1S/C11H11N3O2S/c15-11(16)9-4-6-13-14-10(9)12-5-3-8-2-1-7-17-8/h1-2,4,6-7H,3,5H2,(H,12,14)(H,15,16). The molecule has 0 spiro atoms. The summed E-state index contributed by atoms with van der Waals surface area (Å²) in [6.07, 6.45) is 2.21. The van der Waals surface area contributed by atoms with Crippen molar-refractivity contribution >= 4 is 23.1 Å². The highest BCUT2D eigenvalue weighted by atomic mass is 32.1. The molecule has 2 aromatic heterocycles. The zero-order valence-corrected chi connectivity index (χ0v) is 9.78. The van der Waals surface area contributed by atoms with Crippen LogP contribution in [-0.2, 0) is 6.42 Å². The number of nitrogens with zero attached hydrogens (tertiary/aromatic N) is 2. The van der Waals surface area contributed by atoms with Crippen LogP contribution in [0.1, 0.15) is 15.2 Å². The lowest BCUT2D eigenvalue weighted by Crippen LogP contribution is -2.11. The molecular weight excluding hydrogens is 238 g/mol. The molecule has 5 nitrogen and oxygen atoms in total. The second-order valence-electron chi connectivity index (χ2n) is 3.35. The lowest BCUT2D eigenvalue weighted by molar-refractivity contribution is 0.0697.